The van der Waals surface area contributed by atoms with Gasteiger partial charge in [-0.2, -0.15) is 0 Å². The van der Waals surface area contributed by atoms with Crippen molar-refractivity contribution in [2.45, 2.75) is 6.92 Å². The van der Waals surface area contributed by atoms with E-state index in [2.05, 4.69) is 4.98 Å². The standard InChI is InChI=1S/C8H8N2/c1-6-5-10-8-7(6)3-2-4-9-8/h2-5H,1H3,(H,9,10)/i/hD. The van der Waals surface area contributed by atoms with E-state index in [1.807, 2.05) is 19.1 Å². The van der Waals surface area contributed by atoms with Gasteiger partial charge in [0.2, 0.25) is 0 Å². The van der Waals surface area contributed by atoms with E-state index in [1.54, 1.807) is 12.4 Å². The second kappa shape index (κ2) is 1.84. The van der Waals surface area contributed by atoms with Crippen molar-refractivity contribution in [2.24, 2.45) is 0 Å². The smallest absolute Gasteiger partial charge is 0.167 e. The molecule has 1 N–H and O–H groups in total. The molecule has 0 aliphatic heterocycles. The fourth-order valence-electron chi connectivity index (χ4n) is 1.04. The number of nitrogens with one attached hydrogen (secondary N) is 1. The molecule has 0 radical (unpaired) electrons. The highest BCUT2D eigenvalue weighted by Gasteiger charge is 1.95. The number of rotatable bonds is 0. The molecular formula is C8H8N2. The Morgan fingerprint density at radius 1 is 1.70 bits per heavy atom. The van der Waals surface area contributed by atoms with Gasteiger partial charge in [0.15, 0.2) is 1.41 Å². The van der Waals surface area contributed by atoms with Crippen LogP contribution in [0.1, 0.15) is 5.56 Å². The zero-order chi connectivity index (χ0) is 7.84. The van der Waals surface area contributed by atoms with Crippen molar-refractivity contribution in [3.05, 3.63) is 30.1 Å². The summed E-state index contributed by atoms with van der Waals surface area (Å²) in [5.74, 6) is 0. The molecule has 10 heavy (non-hydrogen) atoms. The third kappa shape index (κ3) is 0.620. The van der Waals surface area contributed by atoms with Crippen LogP contribution in [0.2, 0.25) is 1.41 Å². The van der Waals surface area contributed by atoms with Crippen molar-refractivity contribution >= 4 is 11.0 Å². The molecule has 0 saturated carbocycles. The van der Waals surface area contributed by atoms with Crippen LogP contribution in [0.15, 0.2) is 24.5 Å². The van der Waals surface area contributed by atoms with Crippen LogP contribution in [0.25, 0.3) is 11.0 Å². The highest BCUT2D eigenvalue weighted by Crippen LogP contribution is 2.12. The predicted octanol–water partition coefficient (Wildman–Crippen LogP) is 1.87. The zero-order valence-electron chi connectivity index (χ0n) is 6.70. The second-order valence-electron chi connectivity index (χ2n) is 2.32. The molecule has 2 nitrogen and oxygen atoms in total. The zero-order valence-corrected chi connectivity index (χ0v) is 5.70. The lowest BCUT2D eigenvalue weighted by atomic mass is 10.2. The van der Waals surface area contributed by atoms with Gasteiger partial charge in [-0.3, -0.25) is 0 Å². The summed E-state index contributed by atoms with van der Waals surface area (Å²) in [5.41, 5.74) is 1.83. The van der Waals surface area contributed by atoms with E-state index in [0.29, 0.717) is 0 Å². The van der Waals surface area contributed by atoms with E-state index in [9.17, 15) is 0 Å². The molecule has 2 rings (SSSR count). The van der Waals surface area contributed by atoms with Gasteiger partial charge in [0.1, 0.15) is 5.65 Å². The van der Waals surface area contributed by atoms with Crippen molar-refractivity contribution in [3.8, 4) is 0 Å². The molecule has 0 aliphatic rings. The summed E-state index contributed by atoms with van der Waals surface area (Å²) >= 11 is 0. The van der Waals surface area contributed by atoms with Crippen LogP contribution in [0.4, 0.5) is 0 Å². The molecule has 0 spiro atoms. The molecule has 0 aliphatic carbocycles. The molecule has 50 valence electrons. The van der Waals surface area contributed by atoms with Gasteiger partial charge in [-0.25, -0.2) is 4.98 Å². The Balaban J connectivity index is 2.95. The van der Waals surface area contributed by atoms with Gasteiger partial charge < -0.3 is 4.98 Å². The SMILES string of the molecule is [2H]n1cc(C)c2cccnc21. The molecule has 2 aromatic rings. The lowest BCUT2D eigenvalue weighted by Gasteiger charge is -1.86. The van der Waals surface area contributed by atoms with Gasteiger partial charge in [-0.05, 0) is 24.6 Å². The van der Waals surface area contributed by atoms with Crippen LogP contribution in [0, 0.1) is 6.92 Å². The Bertz CT molecular complexity index is 356. The third-order valence-electron chi connectivity index (χ3n) is 1.59. The van der Waals surface area contributed by atoms with Crippen molar-refractivity contribution in [3.63, 3.8) is 0 Å². The van der Waals surface area contributed by atoms with Gasteiger partial charge in [0, 0.05) is 17.8 Å². The Kier molecular flexibility index (Phi) is 0.826. The predicted molar refractivity (Wildman–Crippen MR) is 40.8 cm³/mol. The van der Waals surface area contributed by atoms with Crippen LogP contribution in [-0.2, 0) is 0 Å². The molecule has 0 saturated heterocycles. The summed E-state index contributed by atoms with van der Waals surface area (Å²) in [6.45, 7) is 1.98. The summed E-state index contributed by atoms with van der Waals surface area (Å²) in [5, 5.41) is 1.06. The number of fused-ring (bicyclic) bond motifs is 1. The Labute approximate surface area is 60.4 Å². The summed E-state index contributed by atoms with van der Waals surface area (Å²) in [7, 11) is 0. The first-order valence-corrected chi connectivity index (χ1v) is 3.21. The fraction of sp³-hybridized carbons (Fsp3) is 0.125. The number of hydrogen-bond acceptors (Lipinski definition) is 1. The Morgan fingerprint density at radius 2 is 2.60 bits per heavy atom. The van der Waals surface area contributed by atoms with Crippen molar-refractivity contribution in [1.82, 2.24) is 9.96 Å². The maximum atomic E-state index is 7.44. The molecule has 0 bridgehead atoms. The maximum absolute atomic E-state index is 7.44. The molecule has 2 heteroatoms. The number of H-pyrrole nitrogens is 1. The van der Waals surface area contributed by atoms with Crippen LogP contribution < -0.4 is 0 Å². The normalized spacial score (nSPS) is 11.9. The van der Waals surface area contributed by atoms with Crippen LogP contribution in [0.3, 0.4) is 0 Å². The lowest BCUT2D eigenvalue weighted by Crippen LogP contribution is -1.72. The number of hydrogen-bond donors (Lipinski definition) is 1. The molecular weight excluding hydrogens is 124 g/mol. The quantitative estimate of drug-likeness (QED) is 0.584. The highest BCUT2D eigenvalue weighted by molar-refractivity contribution is 5.78. The Morgan fingerprint density at radius 3 is 3.40 bits per heavy atom. The number of nitrogens with zero attached hydrogens (tertiary/aromatic N) is 1. The number of aryl methyl sites for hydroxylation is 1. The minimum absolute atomic E-state index is 0.727. The first kappa shape index (κ1) is 4.50. The first-order chi connectivity index (χ1) is 5.29. The van der Waals surface area contributed by atoms with Gasteiger partial charge in [0.25, 0.3) is 0 Å². The van der Waals surface area contributed by atoms with E-state index in [-0.39, 0.29) is 0 Å². The maximum Gasteiger partial charge on any atom is 0.167 e. The summed E-state index contributed by atoms with van der Waals surface area (Å²) in [6.07, 6.45) is 3.46. The topological polar surface area (TPSA) is 28.7 Å². The molecule has 2 heterocycles. The fourth-order valence-corrected chi connectivity index (χ4v) is 1.04. The van der Waals surface area contributed by atoms with Gasteiger partial charge in [-0.1, -0.05) is 0 Å². The molecule has 0 fully saturated rings. The van der Waals surface area contributed by atoms with E-state index in [0.717, 1.165) is 16.6 Å². The largest absolute Gasteiger partial charge is 0.346 e. The minimum Gasteiger partial charge on any atom is -0.346 e. The van der Waals surface area contributed by atoms with E-state index in [4.69, 9.17) is 1.41 Å². The minimum atomic E-state index is 0.727. The van der Waals surface area contributed by atoms with Gasteiger partial charge >= 0.3 is 0 Å². The number of aromatic amines is 1. The van der Waals surface area contributed by atoms with Crippen LogP contribution in [0.5, 0.6) is 0 Å². The summed E-state index contributed by atoms with van der Waals surface area (Å²) in [6, 6.07) is 3.86. The lowest BCUT2D eigenvalue weighted by molar-refractivity contribution is 1.32. The summed E-state index contributed by atoms with van der Waals surface area (Å²) in [4.78, 5) is 5.37. The number of aromatic nitrogens is 2. The van der Waals surface area contributed by atoms with Crippen molar-refractivity contribution in [1.29, 1.82) is 0 Å². The van der Waals surface area contributed by atoms with Gasteiger partial charge in [-0.15, -0.1) is 0 Å². The van der Waals surface area contributed by atoms with E-state index < -0.39 is 0 Å². The van der Waals surface area contributed by atoms with Crippen molar-refractivity contribution in [2.75, 3.05) is 0 Å². The molecule has 0 unspecified atom stereocenters. The van der Waals surface area contributed by atoms with Crippen LogP contribution >= 0.6 is 0 Å². The van der Waals surface area contributed by atoms with Crippen molar-refractivity contribution < 1.29 is 1.41 Å². The molecule has 0 atom stereocenters. The first-order valence-electron chi connectivity index (χ1n) is 3.65. The Hall–Kier alpha value is -1.31. The number of pyridine rings is 1. The average Bonchev–Trinajstić information content (AvgIpc) is 2.30. The average molecular weight is 133 g/mol. The monoisotopic (exact) mass is 133 g/mol. The van der Waals surface area contributed by atoms with Gasteiger partial charge in [0.05, 0.1) is 0 Å². The van der Waals surface area contributed by atoms with Crippen LogP contribution in [-0.4, -0.2) is 9.96 Å². The molecule has 0 amide bonds. The van der Waals surface area contributed by atoms with E-state index in [1.165, 1.54) is 4.98 Å². The molecule has 2 aromatic heterocycles. The van der Waals surface area contributed by atoms with E-state index >= 15 is 0 Å². The highest BCUT2D eigenvalue weighted by atomic mass is 14.8. The summed E-state index contributed by atoms with van der Waals surface area (Å²) < 4.78 is 7.44. The second-order valence-corrected chi connectivity index (χ2v) is 2.32. The third-order valence-corrected chi connectivity index (χ3v) is 1.59. The molecule has 0 aromatic carbocycles.